The molecule has 4 rings (SSSR count). The number of benzene rings is 1. The average Bonchev–Trinajstić information content (AvgIpc) is 3.54. The fourth-order valence-corrected chi connectivity index (χ4v) is 4.51. The minimum Gasteiger partial charge on any atom is -0.467 e. The van der Waals surface area contributed by atoms with Crippen LogP contribution in [0.15, 0.2) is 53.1 Å². The number of nitrogens with zero attached hydrogens (tertiary/aromatic N) is 3. The lowest BCUT2D eigenvalue weighted by Gasteiger charge is -2.12. The van der Waals surface area contributed by atoms with Crippen molar-refractivity contribution in [2.75, 3.05) is 11.9 Å². The lowest BCUT2D eigenvalue weighted by Crippen LogP contribution is -2.23. The first kappa shape index (κ1) is 23.0. The topological polar surface area (TPSA) is 110 Å². The quantitative estimate of drug-likeness (QED) is 0.384. The van der Waals surface area contributed by atoms with Crippen LogP contribution in [0, 0.1) is 32.1 Å². The van der Waals surface area contributed by atoms with Crippen LogP contribution in [0.2, 0.25) is 0 Å². The SMILES string of the molecule is Cc1nc(-c2ccccc2)sc1C(=O)OCC(=O)Nc1c(C#N)c(C)c(C)n1Cc1ccco1. The van der Waals surface area contributed by atoms with Gasteiger partial charge in [-0.3, -0.25) is 4.79 Å². The number of aromatic nitrogens is 2. The van der Waals surface area contributed by atoms with Crippen LogP contribution in [0.25, 0.3) is 10.6 Å². The summed E-state index contributed by atoms with van der Waals surface area (Å²) in [7, 11) is 0. The number of aryl methyl sites for hydroxylation is 1. The Bertz CT molecular complexity index is 1380. The molecule has 3 heterocycles. The maximum absolute atomic E-state index is 12.7. The van der Waals surface area contributed by atoms with E-state index in [4.69, 9.17) is 9.15 Å². The van der Waals surface area contributed by atoms with Crippen LogP contribution >= 0.6 is 11.3 Å². The number of furan rings is 1. The molecule has 3 aromatic heterocycles. The zero-order chi connectivity index (χ0) is 24.2. The van der Waals surface area contributed by atoms with Gasteiger partial charge in [0, 0.05) is 11.3 Å². The molecule has 0 aliphatic rings. The molecule has 4 aromatic rings. The Balaban J connectivity index is 1.47. The minimum absolute atomic E-state index is 0.343. The summed E-state index contributed by atoms with van der Waals surface area (Å²) in [4.78, 5) is 30.1. The number of hydrogen-bond acceptors (Lipinski definition) is 7. The summed E-state index contributed by atoms with van der Waals surface area (Å²) in [5.41, 5.74) is 3.39. The molecule has 0 saturated heterocycles. The van der Waals surface area contributed by atoms with E-state index in [1.807, 2.05) is 50.2 Å². The van der Waals surface area contributed by atoms with Crippen LogP contribution in [0.3, 0.4) is 0 Å². The number of amides is 1. The Labute approximate surface area is 200 Å². The van der Waals surface area contributed by atoms with E-state index in [1.165, 1.54) is 11.3 Å². The van der Waals surface area contributed by atoms with Crippen molar-refractivity contribution in [1.29, 1.82) is 5.26 Å². The highest BCUT2D eigenvalue weighted by atomic mass is 32.1. The van der Waals surface area contributed by atoms with Crippen molar-refractivity contribution in [3.8, 4) is 16.6 Å². The monoisotopic (exact) mass is 474 g/mol. The molecular formula is C25H22N4O4S. The number of nitrogens with one attached hydrogen (secondary N) is 1. The molecule has 34 heavy (non-hydrogen) atoms. The minimum atomic E-state index is -0.619. The first-order valence-electron chi connectivity index (χ1n) is 10.5. The van der Waals surface area contributed by atoms with Gasteiger partial charge in [0.15, 0.2) is 6.61 Å². The van der Waals surface area contributed by atoms with Gasteiger partial charge in [0.25, 0.3) is 5.91 Å². The Hall–Kier alpha value is -4.16. The largest absolute Gasteiger partial charge is 0.467 e. The molecule has 0 saturated carbocycles. The molecule has 1 aromatic carbocycles. The molecule has 0 aliphatic heterocycles. The predicted molar refractivity (Wildman–Crippen MR) is 128 cm³/mol. The van der Waals surface area contributed by atoms with Crippen LogP contribution < -0.4 is 5.32 Å². The summed E-state index contributed by atoms with van der Waals surface area (Å²) in [6.45, 7) is 5.27. The molecule has 1 amide bonds. The van der Waals surface area contributed by atoms with Crippen LogP contribution in [0.4, 0.5) is 5.82 Å². The third-order valence-corrected chi connectivity index (χ3v) is 6.62. The van der Waals surface area contributed by atoms with Crippen LogP contribution in [0.5, 0.6) is 0 Å². The lowest BCUT2D eigenvalue weighted by molar-refractivity contribution is -0.119. The second-order valence-corrected chi connectivity index (χ2v) is 8.63. The Morgan fingerprint density at radius 1 is 1.18 bits per heavy atom. The van der Waals surface area contributed by atoms with Crippen LogP contribution in [0.1, 0.15) is 37.9 Å². The number of anilines is 1. The average molecular weight is 475 g/mol. The first-order chi connectivity index (χ1) is 16.4. The summed E-state index contributed by atoms with van der Waals surface area (Å²) in [5.74, 6) is -0.144. The molecular weight excluding hydrogens is 452 g/mol. The van der Waals surface area contributed by atoms with Gasteiger partial charge in [-0.1, -0.05) is 30.3 Å². The van der Waals surface area contributed by atoms with Crippen LogP contribution in [-0.2, 0) is 16.1 Å². The lowest BCUT2D eigenvalue weighted by atomic mass is 10.2. The maximum Gasteiger partial charge on any atom is 0.350 e. The molecule has 1 N–H and O–H groups in total. The number of carbonyl (C=O) groups is 2. The fourth-order valence-electron chi connectivity index (χ4n) is 3.54. The van der Waals surface area contributed by atoms with E-state index in [0.29, 0.717) is 39.3 Å². The third-order valence-electron chi connectivity index (χ3n) is 5.43. The van der Waals surface area contributed by atoms with E-state index in [1.54, 1.807) is 23.8 Å². The smallest absolute Gasteiger partial charge is 0.350 e. The zero-order valence-electron chi connectivity index (χ0n) is 18.9. The summed E-state index contributed by atoms with van der Waals surface area (Å²) < 4.78 is 12.5. The third kappa shape index (κ3) is 4.63. The van der Waals surface area contributed by atoms with Gasteiger partial charge in [0.1, 0.15) is 27.5 Å². The van der Waals surface area contributed by atoms with Crippen molar-refractivity contribution in [3.05, 3.63) is 81.9 Å². The number of hydrogen-bond donors (Lipinski definition) is 1. The van der Waals surface area contributed by atoms with E-state index in [9.17, 15) is 14.9 Å². The highest BCUT2D eigenvalue weighted by Crippen LogP contribution is 2.29. The van der Waals surface area contributed by atoms with Gasteiger partial charge in [-0.15, -0.1) is 11.3 Å². The molecule has 0 spiro atoms. The van der Waals surface area contributed by atoms with Crippen LogP contribution in [-0.4, -0.2) is 28.0 Å². The molecule has 0 radical (unpaired) electrons. The normalized spacial score (nSPS) is 10.6. The molecule has 0 bridgehead atoms. The van der Waals surface area contributed by atoms with Gasteiger partial charge < -0.3 is 19.0 Å². The van der Waals surface area contributed by atoms with E-state index >= 15 is 0 Å². The van der Waals surface area contributed by atoms with E-state index < -0.39 is 18.5 Å². The Kier molecular flexibility index (Phi) is 6.61. The number of nitriles is 1. The van der Waals surface area contributed by atoms with E-state index in [0.717, 1.165) is 16.8 Å². The number of rotatable bonds is 7. The van der Waals surface area contributed by atoms with Crippen molar-refractivity contribution in [1.82, 2.24) is 9.55 Å². The fraction of sp³-hybridized carbons (Fsp3) is 0.200. The molecule has 8 nitrogen and oxygen atoms in total. The number of esters is 1. The predicted octanol–water partition coefficient (Wildman–Crippen LogP) is 4.85. The second kappa shape index (κ2) is 9.77. The summed E-state index contributed by atoms with van der Waals surface area (Å²) >= 11 is 1.22. The summed E-state index contributed by atoms with van der Waals surface area (Å²) in [6.07, 6.45) is 1.56. The second-order valence-electron chi connectivity index (χ2n) is 7.64. The number of ether oxygens (including phenoxy) is 1. The summed E-state index contributed by atoms with van der Waals surface area (Å²) in [6, 6.07) is 15.3. The molecule has 172 valence electrons. The van der Waals surface area contributed by atoms with Crippen molar-refractivity contribution < 1.29 is 18.7 Å². The molecule has 0 atom stereocenters. The van der Waals surface area contributed by atoms with Gasteiger partial charge in [-0.05, 0) is 38.5 Å². The molecule has 9 heteroatoms. The standard InChI is InChI=1S/C25H22N4O4S/c1-15-17(3)29(13-19-10-7-11-32-19)23(20(15)12-26)28-21(30)14-33-25(31)22-16(2)27-24(34-22)18-8-5-4-6-9-18/h4-11H,13-14H2,1-3H3,(H,28,30). The highest BCUT2D eigenvalue weighted by molar-refractivity contribution is 7.17. The Morgan fingerprint density at radius 2 is 1.94 bits per heavy atom. The summed E-state index contributed by atoms with van der Waals surface area (Å²) in [5, 5.41) is 13.1. The first-order valence-corrected chi connectivity index (χ1v) is 11.3. The zero-order valence-corrected chi connectivity index (χ0v) is 19.7. The van der Waals surface area contributed by atoms with Gasteiger partial charge >= 0.3 is 5.97 Å². The van der Waals surface area contributed by atoms with Gasteiger partial charge in [0.2, 0.25) is 0 Å². The van der Waals surface area contributed by atoms with Gasteiger partial charge in [-0.2, -0.15) is 5.26 Å². The Morgan fingerprint density at radius 3 is 2.62 bits per heavy atom. The highest BCUT2D eigenvalue weighted by Gasteiger charge is 2.22. The van der Waals surface area contributed by atoms with E-state index in [-0.39, 0.29) is 0 Å². The maximum atomic E-state index is 12.7. The molecule has 0 aliphatic carbocycles. The number of thiazole rings is 1. The number of carbonyl (C=O) groups excluding carboxylic acids is 2. The van der Waals surface area contributed by atoms with Crippen molar-refractivity contribution >= 4 is 29.0 Å². The van der Waals surface area contributed by atoms with Gasteiger partial charge in [-0.25, -0.2) is 9.78 Å². The van der Waals surface area contributed by atoms with Crippen molar-refractivity contribution in [2.24, 2.45) is 0 Å². The van der Waals surface area contributed by atoms with Crippen molar-refractivity contribution in [3.63, 3.8) is 0 Å². The molecule has 0 fully saturated rings. The van der Waals surface area contributed by atoms with Gasteiger partial charge in [0.05, 0.1) is 24.1 Å². The molecule has 0 unspecified atom stereocenters. The van der Waals surface area contributed by atoms with E-state index in [2.05, 4.69) is 16.4 Å². The van der Waals surface area contributed by atoms with Crippen molar-refractivity contribution in [2.45, 2.75) is 27.3 Å².